The molecule has 0 saturated heterocycles. The van der Waals surface area contributed by atoms with E-state index >= 15 is 0 Å². The first-order chi connectivity index (χ1) is 9.69. The summed E-state index contributed by atoms with van der Waals surface area (Å²) in [7, 11) is 0. The van der Waals surface area contributed by atoms with E-state index in [1.807, 2.05) is 30.3 Å². The SMILES string of the molecule is C[C@@H](NC(=O)N[C@H](CO)Cc1ccccc1)C1CCC1. The fourth-order valence-corrected chi connectivity index (χ4v) is 2.55. The highest BCUT2D eigenvalue weighted by molar-refractivity contribution is 5.74. The van der Waals surface area contributed by atoms with Gasteiger partial charge in [0.15, 0.2) is 0 Å². The molecule has 0 spiro atoms. The van der Waals surface area contributed by atoms with E-state index in [1.54, 1.807) is 0 Å². The van der Waals surface area contributed by atoms with Gasteiger partial charge in [0.2, 0.25) is 0 Å². The van der Waals surface area contributed by atoms with Crippen LogP contribution in [0.15, 0.2) is 30.3 Å². The summed E-state index contributed by atoms with van der Waals surface area (Å²) in [5.74, 6) is 0.613. The van der Waals surface area contributed by atoms with Crippen LogP contribution in [0.3, 0.4) is 0 Å². The molecule has 0 unspecified atom stereocenters. The summed E-state index contributed by atoms with van der Waals surface area (Å²) in [6.07, 6.45) is 4.32. The van der Waals surface area contributed by atoms with Crippen molar-refractivity contribution in [1.82, 2.24) is 10.6 Å². The molecule has 0 bridgehead atoms. The number of aliphatic hydroxyl groups excluding tert-OH is 1. The van der Waals surface area contributed by atoms with Crippen molar-refractivity contribution in [3.8, 4) is 0 Å². The van der Waals surface area contributed by atoms with Crippen LogP contribution in [0.5, 0.6) is 0 Å². The van der Waals surface area contributed by atoms with E-state index in [0.717, 1.165) is 5.56 Å². The van der Waals surface area contributed by atoms with Crippen molar-refractivity contribution in [3.63, 3.8) is 0 Å². The number of nitrogens with one attached hydrogen (secondary N) is 2. The highest BCUT2D eigenvalue weighted by Crippen LogP contribution is 2.29. The zero-order valence-corrected chi connectivity index (χ0v) is 12.0. The molecule has 2 atom stereocenters. The number of aliphatic hydroxyl groups is 1. The van der Waals surface area contributed by atoms with E-state index < -0.39 is 0 Å². The molecule has 0 aromatic heterocycles. The fourth-order valence-electron chi connectivity index (χ4n) is 2.55. The topological polar surface area (TPSA) is 61.4 Å². The molecule has 1 aliphatic carbocycles. The van der Waals surface area contributed by atoms with Gasteiger partial charge in [0.05, 0.1) is 12.6 Å². The molecule has 1 aromatic carbocycles. The average Bonchev–Trinajstić information content (AvgIpc) is 2.36. The predicted octanol–water partition coefficient (Wildman–Crippen LogP) is 2.08. The van der Waals surface area contributed by atoms with Gasteiger partial charge in [-0.05, 0) is 37.7 Å². The summed E-state index contributed by atoms with van der Waals surface area (Å²) >= 11 is 0. The predicted molar refractivity (Wildman–Crippen MR) is 79.5 cm³/mol. The van der Waals surface area contributed by atoms with Gasteiger partial charge in [-0.25, -0.2) is 4.79 Å². The maximum Gasteiger partial charge on any atom is 0.315 e. The first-order valence-corrected chi connectivity index (χ1v) is 7.41. The minimum absolute atomic E-state index is 0.0554. The Balaban J connectivity index is 1.78. The Morgan fingerprint density at radius 2 is 2.00 bits per heavy atom. The van der Waals surface area contributed by atoms with Crippen LogP contribution in [0.1, 0.15) is 31.7 Å². The lowest BCUT2D eigenvalue weighted by Crippen LogP contribution is -2.50. The Bertz CT molecular complexity index is 418. The summed E-state index contributed by atoms with van der Waals surface area (Å²) in [6.45, 7) is 1.99. The first-order valence-electron chi connectivity index (χ1n) is 7.41. The Kier molecular flexibility index (Phi) is 5.41. The number of carbonyl (C=O) groups is 1. The van der Waals surface area contributed by atoms with Crippen molar-refractivity contribution in [1.29, 1.82) is 0 Å². The zero-order chi connectivity index (χ0) is 14.4. The van der Waals surface area contributed by atoms with Crippen LogP contribution in [0.25, 0.3) is 0 Å². The van der Waals surface area contributed by atoms with Crippen LogP contribution in [0.2, 0.25) is 0 Å². The third kappa shape index (κ3) is 4.23. The van der Waals surface area contributed by atoms with Gasteiger partial charge in [-0.1, -0.05) is 36.8 Å². The molecule has 1 aromatic rings. The van der Waals surface area contributed by atoms with Gasteiger partial charge in [-0.3, -0.25) is 0 Å². The molecule has 4 nitrogen and oxygen atoms in total. The lowest BCUT2D eigenvalue weighted by atomic mass is 9.80. The van der Waals surface area contributed by atoms with Gasteiger partial charge < -0.3 is 15.7 Å². The third-order valence-electron chi connectivity index (χ3n) is 4.10. The van der Waals surface area contributed by atoms with E-state index in [9.17, 15) is 9.90 Å². The molecule has 1 aliphatic rings. The lowest BCUT2D eigenvalue weighted by molar-refractivity contribution is 0.199. The van der Waals surface area contributed by atoms with Crippen molar-refractivity contribution >= 4 is 6.03 Å². The van der Waals surface area contributed by atoms with E-state index in [2.05, 4.69) is 17.6 Å². The summed E-state index contributed by atoms with van der Waals surface area (Å²) in [4.78, 5) is 11.9. The number of urea groups is 1. The summed E-state index contributed by atoms with van der Waals surface area (Å²) in [5.41, 5.74) is 1.11. The smallest absolute Gasteiger partial charge is 0.315 e. The van der Waals surface area contributed by atoms with Gasteiger partial charge in [-0.2, -0.15) is 0 Å². The zero-order valence-electron chi connectivity index (χ0n) is 12.0. The second-order valence-corrected chi connectivity index (χ2v) is 5.67. The summed E-state index contributed by atoms with van der Waals surface area (Å²) < 4.78 is 0. The van der Waals surface area contributed by atoms with Crippen LogP contribution < -0.4 is 10.6 Å². The van der Waals surface area contributed by atoms with Crippen molar-refractivity contribution in [2.45, 2.75) is 44.7 Å². The number of carbonyl (C=O) groups excluding carboxylic acids is 1. The van der Waals surface area contributed by atoms with Gasteiger partial charge in [0.1, 0.15) is 0 Å². The number of rotatable bonds is 6. The maximum absolute atomic E-state index is 11.9. The van der Waals surface area contributed by atoms with E-state index in [-0.39, 0.29) is 24.7 Å². The lowest BCUT2D eigenvalue weighted by Gasteiger charge is -2.32. The molecule has 3 N–H and O–H groups in total. The van der Waals surface area contributed by atoms with Gasteiger partial charge in [0, 0.05) is 6.04 Å². The van der Waals surface area contributed by atoms with Gasteiger partial charge in [0.25, 0.3) is 0 Å². The quantitative estimate of drug-likeness (QED) is 0.745. The Morgan fingerprint density at radius 1 is 1.30 bits per heavy atom. The second kappa shape index (κ2) is 7.29. The molecule has 4 heteroatoms. The summed E-state index contributed by atoms with van der Waals surface area (Å²) in [6, 6.07) is 9.66. The monoisotopic (exact) mass is 276 g/mol. The van der Waals surface area contributed by atoms with Gasteiger partial charge >= 0.3 is 6.03 Å². The number of benzene rings is 1. The Labute approximate surface area is 120 Å². The molecular weight excluding hydrogens is 252 g/mol. The van der Waals surface area contributed by atoms with Crippen LogP contribution >= 0.6 is 0 Å². The normalized spacial score (nSPS) is 17.9. The van der Waals surface area contributed by atoms with Crippen molar-refractivity contribution in [3.05, 3.63) is 35.9 Å². The summed E-state index contributed by atoms with van der Waals surface area (Å²) in [5, 5.41) is 15.2. The molecule has 0 radical (unpaired) electrons. The molecule has 110 valence electrons. The minimum atomic E-state index is -0.244. The molecule has 0 heterocycles. The van der Waals surface area contributed by atoms with Crippen LogP contribution in [-0.2, 0) is 6.42 Å². The third-order valence-corrected chi connectivity index (χ3v) is 4.10. The molecule has 2 rings (SSSR count). The largest absolute Gasteiger partial charge is 0.394 e. The van der Waals surface area contributed by atoms with E-state index in [1.165, 1.54) is 19.3 Å². The van der Waals surface area contributed by atoms with Crippen molar-refractivity contribution in [2.75, 3.05) is 6.61 Å². The number of hydrogen-bond donors (Lipinski definition) is 3. The van der Waals surface area contributed by atoms with Crippen LogP contribution in [-0.4, -0.2) is 29.8 Å². The Morgan fingerprint density at radius 3 is 2.55 bits per heavy atom. The van der Waals surface area contributed by atoms with E-state index in [4.69, 9.17) is 0 Å². The number of hydrogen-bond acceptors (Lipinski definition) is 2. The fraction of sp³-hybridized carbons (Fsp3) is 0.562. The molecule has 2 amide bonds. The second-order valence-electron chi connectivity index (χ2n) is 5.67. The van der Waals surface area contributed by atoms with Crippen molar-refractivity contribution in [2.24, 2.45) is 5.92 Å². The van der Waals surface area contributed by atoms with Crippen LogP contribution in [0.4, 0.5) is 4.79 Å². The van der Waals surface area contributed by atoms with Gasteiger partial charge in [-0.15, -0.1) is 0 Å². The highest BCUT2D eigenvalue weighted by Gasteiger charge is 2.25. The molecule has 1 saturated carbocycles. The Hall–Kier alpha value is -1.55. The highest BCUT2D eigenvalue weighted by atomic mass is 16.3. The maximum atomic E-state index is 11.9. The molecule has 1 fully saturated rings. The molecule has 20 heavy (non-hydrogen) atoms. The molecular formula is C16H24N2O2. The number of amides is 2. The van der Waals surface area contributed by atoms with Crippen LogP contribution in [0, 0.1) is 5.92 Å². The first kappa shape index (κ1) is 14.9. The minimum Gasteiger partial charge on any atom is -0.394 e. The molecule has 0 aliphatic heterocycles. The average molecular weight is 276 g/mol. The van der Waals surface area contributed by atoms with E-state index in [0.29, 0.717) is 12.3 Å². The van der Waals surface area contributed by atoms with Crippen molar-refractivity contribution < 1.29 is 9.90 Å². The standard InChI is InChI=1S/C16H24N2O2/c1-12(14-8-5-9-14)17-16(20)18-15(11-19)10-13-6-3-2-4-7-13/h2-4,6-7,12,14-15,19H,5,8-11H2,1H3,(H2,17,18,20)/t12-,15+/m1/s1.